The molecule has 12 nitrogen and oxygen atoms in total. The van der Waals surface area contributed by atoms with E-state index in [-0.39, 0.29) is 36.1 Å². The van der Waals surface area contributed by atoms with Crippen LogP contribution in [0.5, 0.6) is 5.75 Å². The Bertz CT molecular complexity index is 1440. The Morgan fingerprint density at radius 3 is 2.37 bits per heavy atom. The fourth-order valence-electron chi connectivity index (χ4n) is 6.71. The first kappa shape index (κ1) is 32.3. The number of carbonyl (C=O) groups is 3. The number of carbonyl (C=O) groups excluding carboxylic acids is 3. The maximum atomic E-state index is 14.2. The number of nitrogens with two attached hydrogens (primary N) is 2. The zero-order chi connectivity index (χ0) is 32.3. The third-order valence-electron chi connectivity index (χ3n) is 8.53. The van der Waals surface area contributed by atoms with Crippen LogP contribution in [0.15, 0.2) is 28.7 Å². The number of alkyl halides is 3. The van der Waals surface area contributed by atoms with Crippen molar-refractivity contribution in [2.75, 3.05) is 33.1 Å². The van der Waals surface area contributed by atoms with E-state index in [1.807, 2.05) is 0 Å². The number of hydrogen-bond donors (Lipinski definition) is 6. The van der Waals surface area contributed by atoms with Gasteiger partial charge in [-0.3, -0.25) is 19.3 Å². The molecule has 1 unspecified atom stereocenters. The minimum atomic E-state index is -4.40. The minimum absolute atomic E-state index is 0.0273. The number of ketones is 2. The molecule has 3 aliphatic rings. The number of aliphatic hydroxyl groups is 2. The number of amides is 1. The number of rotatable bonds is 8. The van der Waals surface area contributed by atoms with Crippen LogP contribution in [0.2, 0.25) is 0 Å². The Balaban J connectivity index is 1.91. The zero-order valence-electron chi connectivity index (χ0n) is 24.4. The van der Waals surface area contributed by atoms with Crippen LogP contribution in [0.25, 0.3) is 0 Å². The highest BCUT2D eigenvalue weighted by Crippen LogP contribution is 2.54. The van der Waals surface area contributed by atoms with Gasteiger partial charge in [-0.05, 0) is 51.4 Å². The summed E-state index contributed by atoms with van der Waals surface area (Å²) in [5.74, 6) is -1.26. The van der Waals surface area contributed by atoms with Crippen molar-refractivity contribution in [1.82, 2.24) is 10.2 Å². The number of aliphatic hydroxyl groups excluding tert-OH is 1. The molecular formula is C28H36F3N5O7. The maximum absolute atomic E-state index is 14.2. The number of nitrogens with zero attached hydrogens (tertiary/aromatic N) is 2. The Hall–Kier alpha value is -3.66. The summed E-state index contributed by atoms with van der Waals surface area (Å²) in [6.45, 7) is 1.15. The topological polar surface area (TPSA) is 192 Å². The van der Waals surface area contributed by atoms with E-state index in [1.165, 1.54) is 11.8 Å². The molecular weight excluding hydrogens is 575 g/mol. The maximum Gasteiger partial charge on any atom is 0.390 e. The number of aromatic hydroxyl groups is 1. The van der Waals surface area contributed by atoms with Crippen molar-refractivity contribution in [2.45, 2.75) is 56.6 Å². The predicted molar refractivity (Wildman–Crippen MR) is 148 cm³/mol. The molecule has 4 rings (SSSR count). The molecule has 3 aliphatic carbocycles. The zero-order valence-corrected chi connectivity index (χ0v) is 24.4. The number of halogens is 3. The Morgan fingerprint density at radius 1 is 1.23 bits per heavy atom. The lowest BCUT2D eigenvalue weighted by atomic mass is 9.59. The summed E-state index contributed by atoms with van der Waals surface area (Å²) in [7, 11) is 6.49. The van der Waals surface area contributed by atoms with Crippen LogP contribution in [0.4, 0.5) is 18.9 Å². The molecule has 0 saturated carbocycles. The number of phenols is 1. The van der Waals surface area contributed by atoms with E-state index < -0.39 is 82.4 Å². The highest BCUT2D eigenvalue weighted by molar-refractivity contribution is 6.22. The molecule has 0 fully saturated rings. The number of likely N-dealkylation sites (N-methyl/N-ethyl adjacent to an activating group) is 1. The van der Waals surface area contributed by atoms with Crippen LogP contribution < -0.4 is 21.8 Å². The smallest absolute Gasteiger partial charge is 0.390 e. The second-order valence-corrected chi connectivity index (χ2v) is 11.8. The number of phenolic OH excluding ortho intramolecular Hbond substituents is 1. The van der Waals surface area contributed by atoms with Gasteiger partial charge in [-0.15, -0.1) is 0 Å². The van der Waals surface area contributed by atoms with E-state index in [1.54, 1.807) is 39.2 Å². The number of nitrogens with one attached hydrogen (secondary N) is 1. The highest BCUT2D eigenvalue weighted by atomic mass is 19.4. The first-order valence-corrected chi connectivity index (χ1v) is 13.5. The molecule has 0 spiro atoms. The van der Waals surface area contributed by atoms with Crippen molar-refractivity contribution >= 4 is 23.2 Å². The molecule has 0 saturated heterocycles. The monoisotopic (exact) mass is 611 g/mol. The molecule has 0 aliphatic heterocycles. The van der Waals surface area contributed by atoms with E-state index in [2.05, 4.69) is 5.32 Å². The minimum Gasteiger partial charge on any atom is -0.508 e. The third-order valence-corrected chi connectivity index (χ3v) is 8.53. The van der Waals surface area contributed by atoms with Crippen LogP contribution >= 0.6 is 0 Å². The first-order chi connectivity index (χ1) is 19.9. The van der Waals surface area contributed by atoms with E-state index in [4.69, 9.17) is 16.5 Å². The van der Waals surface area contributed by atoms with Crippen LogP contribution in [0, 0.1) is 11.8 Å². The number of benzene rings is 1. The van der Waals surface area contributed by atoms with Crippen molar-refractivity contribution in [2.24, 2.45) is 23.5 Å². The number of allylic oxidation sites excluding steroid dienone is 1. The average molecular weight is 612 g/mol. The van der Waals surface area contributed by atoms with Gasteiger partial charge in [0.2, 0.25) is 0 Å². The van der Waals surface area contributed by atoms with E-state index in [9.17, 15) is 42.9 Å². The molecule has 1 aromatic carbocycles. The van der Waals surface area contributed by atoms with Crippen molar-refractivity contribution < 1.29 is 47.7 Å². The summed E-state index contributed by atoms with van der Waals surface area (Å²) in [4.78, 5) is 48.0. The fourth-order valence-corrected chi connectivity index (χ4v) is 6.71. The third kappa shape index (κ3) is 5.24. The van der Waals surface area contributed by atoms with E-state index >= 15 is 0 Å². The lowest BCUT2D eigenvalue weighted by molar-refractivity contribution is -0.139. The summed E-state index contributed by atoms with van der Waals surface area (Å²) >= 11 is 0. The molecule has 0 bridgehead atoms. The summed E-state index contributed by atoms with van der Waals surface area (Å²) in [5, 5.41) is 37.1. The number of hydrogen-bond acceptors (Lipinski definition) is 11. The van der Waals surface area contributed by atoms with Gasteiger partial charge in [0.1, 0.15) is 17.1 Å². The first-order valence-electron chi connectivity index (χ1n) is 13.5. The molecule has 43 heavy (non-hydrogen) atoms. The van der Waals surface area contributed by atoms with Gasteiger partial charge in [0, 0.05) is 49.4 Å². The van der Waals surface area contributed by atoms with Crippen LogP contribution in [-0.4, -0.2) is 89.7 Å². The Labute approximate surface area is 245 Å². The van der Waals surface area contributed by atoms with Gasteiger partial charge in [0.05, 0.1) is 18.0 Å². The van der Waals surface area contributed by atoms with Gasteiger partial charge in [-0.2, -0.15) is 19.1 Å². The van der Waals surface area contributed by atoms with E-state index in [0.29, 0.717) is 11.3 Å². The second-order valence-electron chi connectivity index (χ2n) is 11.8. The molecule has 0 aromatic heterocycles. The van der Waals surface area contributed by atoms with Gasteiger partial charge in [0.15, 0.2) is 22.9 Å². The summed E-state index contributed by atoms with van der Waals surface area (Å²) in [5.41, 5.74) is 2.74. The molecule has 8 N–H and O–H groups in total. The fraction of sp³-hybridized carbons (Fsp3) is 0.536. The molecule has 1 amide bonds. The number of primary amides is 1. The number of Topliss-reactive ketones (excluding diaryl/α,β-unsaturated/α-hetero) is 2. The summed E-state index contributed by atoms with van der Waals surface area (Å²) in [6.07, 6.45) is -5.42. The van der Waals surface area contributed by atoms with Crippen molar-refractivity contribution in [1.29, 1.82) is 0 Å². The molecule has 236 valence electrons. The summed E-state index contributed by atoms with van der Waals surface area (Å²) < 4.78 is 38.6. The van der Waals surface area contributed by atoms with Crippen molar-refractivity contribution in [3.63, 3.8) is 0 Å². The second kappa shape index (κ2) is 11.1. The van der Waals surface area contributed by atoms with Crippen LogP contribution in [-0.2, 0) is 27.4 Å². The van der Waals surface area contributed by atoms with Gasteiger partial charge < -0.3 is 36.1 Å². The van der Waals surface area contributed by atoms with Crippen molar-refractivity contribution in [3.05, 3.63) is 45.4 Å². The quantitative estimate of drug-likeness (QED) is 0.181. The molecule has 15 heteroatoms. The molecule has 1 aromatic rings. The lowest BCUT2D eigenvalue weighted by Crippen LogP contribution is -2.63. The molecule has 0 heterocycles. The van der Waals surface area contributed by atoms with Crippen molar-refractivity contribution in [3.8, 4) is 5.75 Å². The highest BCUT2D eigenvalue weighted by Gasteiger charge is 2.63. The van der Waals surface area contributed by atoms with Gasteiger partial charge >= 0.3 is 6.18 Å². The van der Waals surface area contributed by atoms with Gasteiger partial charge in [-0.1, -0.05) is 0 Å². The summed E-state index contributed by atoms with van der Waals surface area (Å²) in [6, 6.07) is -0.556. The number of anilines is 1. The Morgan fingerprint density at radius 2 is 1.86 bits per heavy atom. The molecule has 0 radical (unpaired) electrons. The normalized spacial score (nSPS) is 26.3. The predicted octanol–water partition coefficient (Wildman–Crippen LogP) is 0.949. The average Bonchev–Trinajstić information content (AvgIpc) is 2.86. The van der Waals surface area contributed by atoms with Gasteiger partial charge in [0.25, 0.3) is 5.91 Å². The van der Waals surface area contributed by atoms with Crippen LogP contribution in [0.3, 0.4) is 0 Å². The SMILES string of the molecule is CC(CC(F)(F)F)NCc1cc(N(C)C)c2c(c1O)C(=O)C1=C(ON)[C@]3(O)C(O)=C(C(N)=O)C(=O)[C@@H](N(C)C)[C@@H]3C[C@@H]1C2. The Kier molecular flexibility index (Phi) is 8.34. The van der Waals surface area contributed by atoms with E-state index in [0.717, 1.165) is 0 Å². The molecule has 5 atom stereocenters. The largest absolute Gasteiger partial charge is 0.508 e. The van der Waals surface area contributed by atoms with Crippen LogP contribution in [0.1, 0.15) is 41.3 Å². The number of fused-ring (bicyclic) bond motifs is 3. The standard InChI is InChI=1S/C28H36F3N5O7/c1-11(9-27(29,30)31)34-10-13-8-16(35(2)3)14-6-12-7-15-20(36(4)5)23(39)19(26(32)41)24(40)28(15,42)25(43-33)17(12)22(38)18(14)21(13)37/h8,11-12,15,20,34,37,40,42H,6-7,9-10,33H2,1-5H3,(H2,32,41)/t11?,12-,15-,20-,28+/m0/s1. The lowest BCUT2D eigenvalue weighted by Gasteiger charge is -2.50. The van der Waals surface area contributed by atoms with Gasteiger partial charge in [-0.25, -0.2) is 0 Å².